The lowest BCUT2D eigenvalue weighted by molar-refractivity contribution is -0.143. The summed E-state index contributed by atoms with van der Waals surface area (Å²) in [5.41, 5.74) is -1.06. The molecule has 0 saturated heterocycles. The molecule has 1 aromatic rings. The first-order valence-electron chi connectivity index (χ1n) is 5.44. The zero-order valence-electron chi connectivity index (χ0n) is 9.64. The summed E-state index contributed by atoms with van der Waals surface area (Å²) in [6.45, 7) is 3.41. The summed E-state index contributed by atoms with van der Waals surface area (Å²) in [5.74, 6) is -0.299. The van der Waals surface area contributed by atoms with Gasteiger partial charge in [-0.15, -0.1) is 0 Å². The van der Waals surface area contributed by atoms with Gasteiger partial charge in [0.05, 0.1) is 5.56 Å². The first-order chi connectivity index (χ1) is 7.74. The first kappa shape index (κ1) is 12.1. The van der Waals surface area contributed by atoms with E-state index in [4.69, 9.17) is 0 Å². The Morgan fingerprint density at radius 1 is 1.24 bits per heavy atom. The van der Waals surface area contributed by atoms with Crippen LogP contribution in [0.4, 0.5) is 13.2 Å². The Labute approximate surface area is 97.6 Å². The van der Waals surface area contributed by atoms with E-state index in [-0.39, 0.29) is 23.7 Å². The van der Waals surface area contributed by atoms with Crippen LogP contribution in [0.5, 0.6) is 0 Å². The van der Waals surface area contributed by atoms with E-state index >= 15 is 0 Å². The van der Waals surface area contributed by atoms with Crippen LogP contribution in [-0.4, -0.2) is 5.78 Å². The minimum atomic E-state index is -4.36. The molecule has 17 heavy (non-hydrogen) atoms. The van der Waals surface area contributed by atoms with Crippen molar-refractivity contribution in [2.24, 2.45) is 5.41 Å². The zero-order valence-corrected chi connectivity index (χ0v) is 9.64. The second kappa shape index (κ2) is 3.59. The van der Waals surface area contributed by atoms with Crippen molar-refractivity contribution in [3.63, 3.8) is 0 Å². The summed E-state index contributed by atoms with van der Waals surface area (Å²) < 4.78 is 38.5. The molecule has 0 bridgehead atoms. The van der Waals surface area contributed by atoms with E-state index in [9.17, 15) is 18.0 Å². The zero-order chi connectivity index (χ0) is 12.8. The number of hydrogen-bond donors (Lipinski definition) is 0. The van der Waals surface area contributed by atoms with E-state index in [0.29, 0.717) is 0 Å². The van der Waals surface area contributed by atoms with Gasteiger partial charge in [0.2, 0.25) is 0 Å². The lowest BCUT2D eigenvalue weighted by atomic mass is 9.58. The van der Waals surface area contributed by atoms with Gasteiger partial charge in [-0.3, -0.25) is 4.79 Å². The minimum Gasteiger partial charge on any atom is -0.299 e. The maximum absolute atomic E-state index is 12.8. The normalized spacial score (nSPS) is 23.4. The lowest BCUT2D eigenvalue weighted by Gasteiger charge is -2.43. The molecular weight excluding hydrogens is 229 g/mol. The van der Waals surface area contributed by atoms with Crippen LogP contribution < -0.4 is 0 Å². The van der Waals surface area contributed by atoms with Gasteiger partial charge in [-0.1, -0.05) is 32.0 Å². The third-order valence-corrected chi connectivity index (χ3v) is 3.62. The van der Waals surface area contributed by atoms with E-state index in [1.807, 2.05) is 0 Å². The number of alkyl halides is 3. The van der Waals surface area contributed by atoms with Gasteiger partial charge in [-0.05, 0) is 11.6 Å². The topological polar surface area (TPSA) is 17.1 Å². The van der Waals surface area contributed by atoms with E-state index in [1.54, 1.807) is 19.9 Å². The van der Waals surface area contributed by atoms with Gasteiger partial charge in [0.25, 0.3) is 0 Å². The SMILES string of the molecule is CC1(C)C(=O)CC1c1ccccc1C(F)(F)F. The number of hydrogen-bond acceptors (Lipinski definition) is 1. The molecule has 0 aliphatic heterocycles. The van der Waals surface area contributed by atoms with E-state index in [2.05, 4.69) is 0 Å². The standard InChI is InChI=1S/C13H13F3O/c1-12(2)10(7-11(12)17)8-5-3-4-6-9(8)13(14,15)16/h3-6,10H,7H2,1-2H3. The molecule has 2 rings (SSSR count). The predicted molar refractivity (Wildman–Crippen MR) is 57.6 cm³/mol. The Morgan fingerprint density at radius 3 is 2.29 bits per heavy atom. The van der Waals surface area contributed by atoms with Crippen LogP contribution in [0.3, 0.4) is 0 Å². The highest BCUT2D eigenvalue weighted by Gasteiger charge is 2.50. The van der Waals surface area contributed by atoms with Crippen LogP contribution in [-0.2, 0) is 11.0 Å². The van der Waals surface area contributed by atoms with E-state index in [1.165, 1.54) is 12.1 Å². The molecular formula is C13H13F3O. The first-order valence-corrected chi connectivity index (χ1v) is 5.44. The minimum absolute atomic E-state index is 0.0273. The van der Waals surface area contributed by atoms with Crippen molar-refractivity contribution in [3.8, 4) is 0 Å². The average Bonchev–Trinajstić information content (AvgIpc) is 2.24. The highest BCUT2D eigenvalue weighted by atomic mass is 19.4. The summed E-state index contributed by atoms with van der Waals surface area (Å²) in [7, 11) is 0. The fraction of sp³-hybridized carbons (Fsp3) is 0.462. The largest absolute Gasteiger partial charge is 0.416 e. The fourth-order valence-electron chi connectivity index (χ4n) is 2.32. The smallest absolute Gasteiger partial charge is 0.299 e. The molecule has 1 unspecified atom stereocenters. The number of halogens is 3. The van der Waals surface area contributed by atoms with Gasteiger partial charge in [0, 0.05) is 17.8 Å². The number of Topliss-reactive ketones (excluding diaryl/α,β-unsaturated/α-hetero) is 1. The van der Waals surface area contributed by atoms with Crippen molar-refractivity contribution in [1.82, 2.24) is 0 Å². The van der Waals surface area contributed by atoms with Gasteiger partial charge in [-0.2, -0.15) is 13.2 Å². The Bertz CT molecular complexity index is 460. The molecule has 1 nitrogen and oxygen atoms in total. The highest BCUT2D eigenvalue weighted by Crippen LogP contribution is 2.51. The fourth-order valence-corrected chi connectivity index (χ4v) is 2.32. The van der Waals surface area contributed by atoms with E-state index in [0.717, 1.165) is 6.07 Å². The third kappa shape index (κ3) is 1.85. The summed E-state index contributed by atoms with van der Waals surface area (Å²) in [6.07, 6.45) is -4.15. The molecule has 0 amide bonds. The highest BCUT2D eigenvalue weighted by molar-refractivity contribution is 5.92. The Morgan fingerprint density at radius 2 is 1.82 bits per heavy atom. The van der Waals surface area contributed by atoms with Crippen LogP contribution in [0.1, 0.15) is 37.3 Å². The number of carbonyl (C=O) groups is 1. The molecule has 1 atom stereocenters. The summed E-state index contributed by atoms with van der Waals surface area (Å²) in [4.78, 5) is 11.4. The number of rotatable bonds is 1. The number of ketones is 1. The molecule has 1 aliphatic carbocycles. The lowest BCUT2D eigenvalue weighted by Crippen LogP contribution is -2.44. The molecule has 0 heterocycles. The van der Waals surface area contributed by atoms with Crippen LogP contribution in [0.15, 0.2) is 24.3 Å². The molecule has 0 spiro atoms. The van der Waals surface area contributed by atoms with Crippen LogP contribution in [0.2, 0.25) is 0 Å². The van der Waals surface area contributed by atoms with Gasteiger partial charge >= 0.3 is 6.18 Å². The average molecular weight is 242 g/mol. The molecule has 1 saturated carbocycles. The van der Waals surface area contributed by atoms with Crippen molar-refractivity contribution in [1.29, 1.82) is 0 Å². The second-order valence-electron chi connectivity index (χ2n) is 4.99. The molecule has 1 aliphatic rings. The molecule has 1 aromatic carbocycles. The van der Waals surface area contributed by atoms with Gasteiger partial charge in [-0.25, -0.2) is 0 Å². The predicted octanol–water partition coefficient (Wildman–Crippen LogP) is 3.79. The van der Waals surface area contributed by atoms with Crippen molar-refractivity contribution >= 4 is 5.78 Å². The Kier molecular flexibility index (Phi) is 2.56. The second-order valence-corrected chi connectivity index (χ2v) is 4.99. The molecule has 0 N–H and O–H groups in total. The van der Waals surface area contributed by atoms with Gasteiger partial charge < -0.3 is 0 Å². The van der Waals surface area contributed by atoms with Gasteiger partial charge in [0.1, 0.15) is 5.78 Å². The Hall–Kier alpha value is -1.32. The summed E-state index contributed by atoms with van der Waals surface area (Å²) in [5, 5.41) is 0. The summed E-state index contributed by atoms with van der Waals surface area (Å²) >= 11 is 0. The monoisotopic (exact) mass is 242 g/mol. The Balaban J connectivity index is 2.44. The molecule has 92 valence electrons. The summed E-state index contributed by atoms with van der Waals surface area (Å²) in [6, 6.07) is 5.51. The number of carbonyl (C=O) groups excluding carboxylic acids is 1. The van der Waals surface area contributed by atoms with Crippen molar-refractivity contribution in [2.45, 2.75) is 32.4 Å². The molecule has 0 aromatic heterocycles. The van der Waals surface area contributed by atoms with Gasteiger partial charge in [0.15, 0.2) is 0 Å². The third-order valence-electron chi connectivity index (χ3n) is 3.62. The molecule has 1 fully saturated rings. The van der Waals surface area contributed by atoms with Crippen molar-refractivity contribution in [3.05, 3.63) is 35.4 Å². The molecule has 0 radical (unpaired) electrons. The van der Waals surface area contributed by atoms with Crippen LogP contribution >= 0.6 is 0 Å². The number of benzene rings is 1. The van der Waals surface area contributed by atoms with Crippen LogP contribution in [0, 0.1) is 5.41 Å². The van der Waals surface area contributed by atoms with Crippen molar-refractivity contribution in [2.75, 3.05) is 0 Å². The quantitative estimate of drug-likeness (QED) is 0.732. The maximum Gasteiger partial charge on any atom is 0.416 e. The van der Waals surface area contributed by atoms with Crippen molar-refractivity contribution < 1.29 is 18.0 Å². The maximum atomic E-state index is 12.8. The van der Waals surface area contributed by atoms with E-state index < -0.39 is 17.2 Å². The van der Waals surface area contributed by atoms with Crippen LogP contribution in [0.25, 0.3) is 0 Å². The molecule has 4 heteroatoms.